The molecule has 1 aliphatic carbocycles. The zero-order valence-corrected chi connectivity index (χ0v) is 13.0. The minimum absolute atomic E-state index is 0.131. The molecular formula is C15H24N2O2S. The van der Waals surface area contributed by atoms with E-state index in [-0.39, 0.29) is 6.04 Å². The van der Waals surface area contributed by atoms with Gasteiger partial charge in [0.05, 0.1) is 4.90 Å². The van der Waals surface area contributed by atoms with Crippen LogP contribution < -0.4 is 10.0 Å². The lowest BCUT2D eigenvalue weighted by Crippen LogP contribution is -2.27. The maximum atomic E-state index is 12.3. The summed E-state index contributed by atoms with van der Waals surface area (Å²) in [6.07, 6.45) is 3.07. The molecule has 5 heteroatoms. The predicted molar refractivity (Wildman–Crippen MR) is 80.9 cm³/mol. The molecule has 1 aromatic rings. The van der Waals surface area contributed by atoms with Gasteiger partial charge < -0.3 is 5.32 Å². The Bertz CT molecular complexity index is 543. The van der Waals surface area contributed by atoms with E-state index in [0.717, 1.165) is 31.4 Å². The lowest BCUT2D eigenvalue weighted by Gasteiger charge is -2.09. The zero-order valence-electron chi connectivity index (χ0n) is 12.2. The summed E-state index contributed by atoms with van der Waals surface area (Å²) in [7, 11) is -3.37. The Morgan fingerprint density at radius 1 is 1.30 bits per heavy atom. The van der Waals surface area contributed by atoms with E-state index in [0.29, 0.717) is 17.4 Å². The van der Waals surface area contributed by atoms with Crippen LogP contribution in [-0.2, 0) is 16.6 Å². The molecule has 112 valence electrons. The van der Waals surface area contributed by atoms with Crippen LogP contribution in [0.2, 0.25) is 0 Å². The highest BCUT2D eigenvalue weighted by molar-refractivity contribution is 7.89. The van der Waals surface area contributed by atoms with Crippen molar-refractivity contribution in [2.24, 2.45) is 5.92 Å². The molecule has 0 saturated heterocycles. The summed E-state index contributed by atoms with van der Waals surface area (Å²) >= 11 is 0. The Labute approximate surface area is 122 Å². The van der Waals surface area contributed by atoms with Crippen LogP contribution in [-0.4, -0.2) is 21.0 Å². The van der Waals surface area contributed by atoms with E-state index >= 15 is 0 Å². The molecule has 0 radical (unpaired) electrons. The minimum Gasteiger partial charge on any atom is -0.313 e. The third-order valence-electron chi connectivity index (χ3n) is 3.72. The van der Waals surface area contributed by atoms with Crippen LogP contribution in [0.1, 0.15) is 38.7 Å². The molecule has 1 saturated carbocycles. The summed E-state index contributed by atoms with van der Waals surface area (Å²) in [5, 5.41) is 3.28. The molecule has 2 unspecified atom stereocenters. The van der Waals surface area contributed by atoms with E-state index in [4.69, 9.17) is 0 Å². The zero-order chi connectivity index (χ0) is 14.6. The molecule has 4 nitrogen and oxygen atoms in total. The Morgan fingerprint density at radius 3 is 2.75 bits per heavy atom. The van der Waals surface area contributed by atoms with Gasteiger partial charge in [-0.3, -0.25) is 0 Å². The standard InChI is InChI=1S/C15H24N2O2S/c1-3-8-16-11-12-6-5-7-14(9-12)20(18,19)17-15-10-13(15)4-2/h5-7,9,13,15-17H,3-4,8,10-11H2,1-2H3. The summed E-state index contributed by atoms with van der Waals surface area (Å²) in [4.78, 5) is 0.370. The van der Waals surface area contributed by atoms with Crippen LogP contribution >= 0.6 is 0 Å². The molecule has 0 amide bonds. The van der Waals surface area contributed by atoms with Crippen molar-refractivity contribution in [1.29, 1.82) is 0 Å². The fourth-order valence-electron chi connectivity index (χ4n) is 2.34. The van der Waals surface area contributed by atoms with Crippen molar-refractivity contribution < 1.29 is 8.42 Å². The van der Waals surface area contributed by atoms with Crippen molar-refractivity contribution in [3.8, 4) is 0 Å². The number of hydrogen-bond acceptors (Lipinski definition) is 3. The van der Waals surface area contributed by atoms with Gasteiger partial charge in [-0.25, -0.2) is 13.1 Å². The summed E-state index contributed by atoms with van der Waals surface area (Å²) in [5.41, 5.74) is 1.00. The molecule has 0 heterocycles. The third kappa shape index (κ3) is 4.04. The van der Waals surface area contributed by atoms with Crippen molar-refractivity contribution in [2.45, 2.75) is 50.6 Å². The van der Waals surface area contributed by atoms with Crippen LogP contribution in [0.3, 0.4) is 0 Å². The van der Waals surface area contributed by atoms with Gasteiger partial charge in [-0.2, -0.15) is 0 Å². The van der Waals surface area contributed by atoms with E-state index < -0.39 is 10.0 Å². The van der Waals surface area contributed by atoms with Crippen LogP contribution in [0, 0.1) is 5.92 Å². The monoisotopic (exact) mass is 296 g/mol. The van der Waals surface area contributed by atoms with Crippen LogP contribution in [0.4, 0.5) is 0 Å². The Hall–Kier alpha value is -0.910. The molecule has 1 aliphatic rings. The second-order valence-electron chi connectivity index (χ2n) is 5.46. The molecule has 0 spiro atoms. The SMILES string of the molecule is CCCNCc1cccc(S(=O)(=O)NC2CC2CC)c1. The number of nitrogens with one attached hydrogen (secondary N) is 2. The maximum Gasteiger partial charge on any atom is 0.240 e. The molecule has 1 aromatic carbocycles. The van der Waals surface area contributed by atoms with Gasteiger partial charge in [-0.05, 0) is 43.0 Å². The second kappa shape index (κ2) is 6.70. The molecule has 2 atom stereocenters. The van der Waals surface area contributed by atoms with Crippen LogP contribution in [0.15, 0.2) is 29.2 Å². The van der Waals surface area contributed by atoms with Crippen molar-refractivity contribution in [3.05, 3.63) is 29.8 Å². The highest BCUT2D eigenvalue weighted by Crippen LogP contribution is 2.34. The van der Waals surface area contributed by atoms with Crippen molar-refractivity contribution >= 4 is 10.0 Å². The van der Waals surface area contributed by atoms with E-state index in [1.165, 1.54) is 0 Å². The smallest absolute Gasteiger partial charge is 0.240 e. The average molecular weight is 296 g/mol. The van der Waals surface area contributed by atoms with E-state index in [9.17, 15) is 8.42 Å². The van der Waals surface area contributed by atoms with Gasteiger partial charge in [0.1, 0.15) is 0 Å². The minimum atomic E-state index is -3.37. The lowest BCUT2D eigenvalue weighted by atomic mass is 10.2. The fourth-order valence-corrected chi connectivity index (χ4v) is 3.73. The van der Waals surface area contributed by atoms with Crippen molar-refractivity contribution in [3.63, 3.8) is 0 Å². The first-order chi connectivity index (χ1) is 9.56. The maximum absolute atomic E-state index is 12.3. The Kier molecular flexibility index (Phi) is 5.18. The van der Waals surface area contributed by atoms with Gasteiger partial charge >= 0.3 is 0 Å². The highest BCUT2D eigenvalue weighted by atomic mass is 32.2. The fraction of sp³-hybridized carbons (Fsp3) is 0.600. The Balaban J connectivity index is 2.02. The second-order valence-corrected chi connectivity index (χ2v) is 7.17. The van der Waals surface area contributed by atoms with Crippen LogP contribution in [0.25, 0.3) is 0 Å². The van der Waals surface area contributed by atoms with Crippen molar-refractivity contribution in [2.75, 3.05) is 6.54 Å². The summed E-state index contributed by atoms with van der Waals surface area (Å²) in [6, 6.07) is 7.31. The highest BCUT2D eigenvalue weighted by Gasteiger charge is 2.38. The van der Waals surface area contributed by atoms with Gasteiger partial charge in [-0.1, -0.05) is 32.4 Å². The number of benzene rings is 1. The van der Waals surface area contributed by atoms with Gasteiger partial charge in [-0.15, -0.1) is 0 Å². The largest absolute Gasteiger partial charge is 0.313 e. The number of hydrogen-bond donors (Lipinski definition) is 2. The first kappa shape index (κ1) is 15.5. The van der Waals surface area contributed by atoms with E-state index in [2.05, 4.69) is 23.9 Å². The van der Waals surface area contributed by atoms with E-state index in [1.54, 1.807) is 12.1 Å². The average Bonchev–Trinajstić information content (AvgIpc) is 3.17. The normalized spacial score (nSPS) is 21.9. The molecular weight excluding hydrogens is 272 g/mol. The summed E-state index contributed by atoms with van der Waals surface area (Å²) in [6.45, 7) is 5.85. The molecule has 0 aromatic heterocycles. The molecule has 0 bridgehead atoms. The lowest BCUT2D eigenvalue weighted by molar-refractivity contribution is 0.575. The van der Waals surface area contributed by atoms with Crippen molar-refractivity contribution in [1.82, 2.24) is 10.0 Å². The topological polar surface area (TPSA) is 58.2 Å². The van der Waals surface area contributed by atoms with Gasteiger partial charge in [0, 0.05) is 12.6 Å². The quantitative estimate of drug-likeness (QED) is 0.724. The first-order valence-corrected chi connectivity index (χ1v) is 8.87. The predicted octanol–water partition coefficient (Wildman–Crippen LogP) is 2.26. The van der Waals surface area contributed by atoms with Crippen LogP contribution in [0.5, 0.6) is 0 Å². The number of rotatable bonds is 8. The summed E-state index contributed by atoms with van der Waals surface area (Å²) in [5.74, 6) is 0.513. The van der Waals surface area contributed by atoms with Gasteiger partial charge in [0.2, 0.25) is 10.0 Å². The molecule has 1 fully saturated rings. The van der Waals surface area contributed by atoms with Gasteiger partial charge in [0.25, 0.3) is 0 Å². The van der Waals surface area contributed by atoms with E-state index in [1.807, 2.05) is 12.1 Å². The molecule has 20 heavy (non-hydrogen) atoms. The summed E-state index contributed by atoms with van der Waals surface area (Å²) < 4.78 is 27.4. The molecule has 2 rings (SSSR count). The third-order valence-corrected chi connectivity index (χ3v) is 5.21. The molecule has 2 N–H and O–H groups in total. The first-order valence-electron chi connectivity index (χ1n) is 7.38. The van der Waals surface area contributed by atoms with Gasteiger partial charge in [0.15, 0.2) is 0 Å². The Morgan fingerprint density at radius 2 is 2.10 bits per heavy atom. The molecule has 0 aliphatic heterocycles. The number of sulfonamides is 1.